The van der Waals surface area contributed by atoms with Crippen molar-refractivity contribution >= 4 is 35.3 Å². The van der Waals surface area contributed by atoms with Crippen molar-refractivity contribution in [1.29, 1.82) is 0 Å². The van der Waals surface area contributed by atoms with Gasteiger partial charge in [0.25, 0.3) is 0 Å². The van der Waals surface area contributed by atoms with E-state index in [1.165, 1.54) is 0 Å². The Hall–Kier alpha value is -2.53. The molecule has 1 aromatic heterocycles. The number of thiol groups is 1. The predicted molar refractivity (Wildman–Crippen MR) is 88.7 cm³/mol. The van der Waals surface area contributed by atoms with Crippen LogP contribution in [-0.4, -0.2) is 16.1 Å². The van der Waals surface area contributed by atoms with Gasteiger partial charge in [0.1, 0.15) is 5.52 Å². The first-order chi connectivity index (χ1) is 10.6. The maximum Gasteiger partial charge on any atom is 0.342 e. The zero-order valence-corrected chi connectivity index (χ0v) is 12.7. The number of nitrogens with zero attached hydrogens (tertiary/aromatic N) is 1. The second kappa shape index (κ2) is 5.69. The highest BCUT2D eigenvalue weighted by Gasteiger charge is 2.15. The van der Waals surface area contributed by atoms with E-state index in [1.807, 2.05) is 48.5 Å². The Kier molecular flexibility index (Phi) is 3.73. The number of carboxylic acid groups (broad SMARTS) is 1. The first-order valence-corrected chi connectivity index (χ1v) is 7.11. The molecule has 0 unspecified atom stereocenters. The summed E-state index contributed by atoms with van der Waals surface area (Å²) in [6.07, 6.45) is 0. The Morgan fingerprint density at radius 3 is 2.55 bits per heavy atom. The van der Waals surface area contributed by atoms with Crippen molar-refractivity contribution in [1.82, 2.24) is 4.98 Å². The summed E-state index contributed by atoms with van der Waals surface area (Å²) in [5, 5.41) is 9.09. The summed E-state index contributed by atoms with van der Waals surface area (Å²) >= 11 is 4.06. The van der Waals surface area contributed by atoms with E-state index < -0.39 is 5.97 Å². The summed E-state index contributed by atoms with van der Waals surface area (Å²) in [4.78, 5) is 15.6. The molecule has 0 fully saturated rings. The van der Waals surface area contributed by atoms with Gasteiger partial charge in [0.15, 0.2) is 5.58 Å². The Bertz CT molecular complexity index is 881. The van der Waals surface area contributed by atoms with E-state index in [9.17, 15) is 4.79 Å². The molecular formula is C17H13NO3S. The lowest BCUT2D eigenvalue weighted by Gasteiger charge is -2.03. The lowest BCUT2D eigenvalue weighted by atomic mass is 10.1. The number of allylic oxidation sites excluding steroid dienone is 1. The number of hydrogen-bond donors (Lipinski definition) is 2. The lowest BCUT2D eigenvalue weighted by molar-refractivity contribution is -0.131. The summed E-state index contributed by atoms with van der Waals surface area (Å²) in [5.74, 6) is -0.559. The van der Waals surface area contributed by atoms with Crippen LogP contribution in [0.15, 0.2) is 57.9 Å². The van der Waals surface area contributed by atoms with Crippen LogP contribution in [0.3, 0.4) is 0 Å². The molecule has 0 bridgehead atoms. The number of fused-ring (bicyclic) bond motifs is 1. The van der Waals surface area contributed by atoms with E-state index in [2.05, 4.69) is 17.6 Å². The molecule has 110 valence electrons. The van der Waals surface area contributed by atoms with E-state index in [0.717, 1.165) is 5.56 Å². The largest absolute Gasteiger partial charge is 0.477 e. The molecule has 0 aliphatic carbocycles. The van der Waals surface area contributed by atoms with Crippen molar-refractivity contribution in [3.8, 4) is 11.5 Å². The fourth-order valence-electron chi connectivity index (χ4n) is 2.24. The van der Waals surface area contributed by atoms with Gasteiger partial charge in [0.2, 0.25) is 5.89 Å². The smallest absolute Gasteiger partial charge is 0.342 e. The molecule has 1 N–H and O–H groups in total. The number of aromatic nitrogens is 1. The third-order valence-electron chi connectivity index (χ3n) is 3.40. The van der Waals surface area contributed by atoms with E-state index in [-0.39, 0.29) is 4.91 Å². The maximum absolute atomic E-state index is 11.1. The maximum atomic E-state index is 11.1. The Morgan fingerprint density at radius 2 is 1.86 bits per heavy atom. The number of benzene rings is 2. The summed E-state index contributed by atoms with van der Waals surface area (Å²) in [6, 6.07) is 15.0. The van der Waals surface area contributed by atoms with E-state index in [4.69, 9.17) is 9.52 Å². The fourth-order valence-corrected chi connectivity index (χ4v) is 2.36. The molecule has 0 saturated heterocycles. The normalized spacial score (nSPS) is 12.3. The molecule has 22 heavy (non-hydrogen) atoms. The molecule has 0 saturated carbocycles. The first kappa shape index (κ1) is 14.4. The number of hydrogen-bond acceptors (Lipinski definition) is 4. The third-order valence-corrected chi connectivity index (χ3v) is 3.93. The van der Waals surface area contributed by atoms with E-state index >= 15 is 0 Å². The van der Waals surface area contributed by atoms with Crippen molar-refractivity contribution in [2.75, 3.05) is 0 Å². The molecule has 0 spiro atoms. The van der Waals surface area contributed by atoms with Crippen LogP contribution in [0.1, 0.15) is 12.5 Å². The average molecular weight is 311 g/mol. The first-order valence-electron chi connectivity index (χ1n) is 6.66. The highest BCUT2D eigenvalue weighted by Crippen LogP contribution is 2.31. The molecule has 2 aromatic carbocycles. The minimum absolute atomic E-state index is 0.00300. The molecule has 0 aliphatic heterocycles. The van der Waals surface area contributed by atoms with Crippen LogP contribution in [0.4, 0.5) is 0 Å². The molecule has 3 aromatic rings. The number of oxazole rings is 1. The molecule has 0 aliphatic rings. The molecule has 3 rings (SSSR count). The van der Waals surface area contributed by atoms with E-state index in [1.54, 1.807) is 6.92 Å². The SMILES string of the molecule is CC(=C(S)C(=O)O)c1cccc2oc(-c3ccccc3)nc12. The number of carboxylic acids is 1. The minimum Gasteiger partial charge on any atom is -0.477 e. The molecular weight excluding hydrogens is 298 g/mol. The van der Waals surface area contributed by atoms with Gasteiger partial charge >= 0.3 is 5.97 Å². The Labute approximate surface area is 132 Å². The quantitative estimate of drug-likeness (QED) is 0.561. The molecule has 1 heterocycles. The van der Waals surface area contributed by atoms with Crippen LogP contribution in [0.5, 0.6) is 0 Å². The number of aliphatic carboxylic acids is 1. The monoisotopic (exact) mass is 311 g/mol. The van der Waals surface area contributed by atoms with Gasteiger partial charge in [-0.2, -0.15) is 0 Å². The topological polar surface area (TPSA) is 63.3 Å². The zero-order valence-electron chi connectivity index (χ0n) is 11.8. The number of carbonyl (C=O) groups is 1. The van der Waals surface area contributed by atoms with Gasteiger partial charge in [-0.05, 0) is 30.7 Å². The summed E-state index contributed by atoms with van der Waals surface area (Å²) in [6.45, 7) is 1.71. The summed E-state index contributed by atoms with van der Waals surface area (Å²) < 4.78 is 5.78. The van der Waals surface area contributed by atoms with Crippen molar-refractivity contribution in [2.45, 2.75) is 6.92 Å². The lowest BCUT2D eigenvalue weighted by Crippen LogP contribution is -1.97. The highest BCUT2D eigenvalue weighted by atomic mass is 32.1. The molecule has 5 heteroatoms. The minimum atomic E-state index is -1.07. The third kappa shape index (κ3) is 2.51. The van der Waals surface area contributed by atoms with E-state index in [0.29, 0.717) is 28.1 Å². The van der Waals surface area contributed by atoms with Crippen molar-refractivity contribution in [3.63, 3.8) is 0 Å². The van der Waals surface area contributed by atoms with Gasteiger partial charge in [-0.25, -0.2) is 9.78 Å². The van der Waals surface area contributed by atoms with Gasteiger partial charge in [0, 0.05) is 11.1 Å². The van der Waals surface area contributed by atoms with Gasteiger partial charge in [0.05, 0.1) is 4.91 Å². The standard InChI is InChI=1S/C17H13NO3S/c1-10(15(22)17(19)20)12-8-5-9-13-14(12)18-16(21-13)11-6-3-2-4-7-11/h2-9,22H,1H3,(H,19,20). The predicted octanol–water partition coefficient (Wildman–Crippen LogP) is 4.24. The molecule has 0 radical (unpaired) electrons. The van der Waals surface area contributed by atoms with Crippen LogP contribution in [-0.2, 0) is 4.79 Å². The van der Waals surface area contributed by atoms with Crippen LogP contribution >= 0.6 is 12.6 Å². The molecule has 0 amide bonds. The second-order valence-electron chi connectivity index (χ2n) is 4.82. The summed E-state index contributed by atoms with van der Waals surface area (Å²) in [7, 11) is 0. The Morgan fingerprint density at radius 1 is 1.14 bits per heavy atom. The average Bonchev–Trinajstić information content (AvgIpc) is 2.98. The van der Waals surface area contributed by atoms with Crippen LogP contribution in [0, 0.1) is 0 Å². The summed E-state index contributed by atoms with van der Waals surface area (Å²) in [5.41, 5.74) is 3.37. The fraction of sp³-hybridized carbons (Fsp3) is 0.0588. The molecule has 4 nitrogen and oxygen atoms in total. The number of para-hydroxylation sites is 1. The zero-order chi connectivity index (χ0) is 15.7. The number of rotatable bonds is 3. The molecule has 0 atom stereocenters. The van der Waals surface area contributed by atoms with Gasteiger partial charge in [-0.3, -0.25) is 0 Å². The Balaban J connectivity index is 2.20. The second-order valence-corrected chi connectivity index (χ2v) is 5.26. The van der Waals surface area contributed by atoms with Crippen molar-refractivity contribution in [2.24, 2.45) is 0 Å². The van der Waals surface area contributed by atoms with Gasteiger partial charge in [-0.1, -0.05) is 30.3 Å². The van der Waals surface area contributed by atoms with Gasteiger partial charge in [-0.15, -0.1) is 12.6 Å². The van der Waals surface area contributed by atoms with Crippen LogP contribution < -0.4 is 0 Å². The van der Waals surface area contributed by atoms with Crippen LogP contribution in [0.2, 0.25) is 0 Å². The van der Waals surface area contributed by atoms with Crippen molar-refractivity contribution < 1.29 is 14.3 Å². The van der Waals surface area contributed by atoms with Gasteiger partial charge < -0.3 is 9.52 Å². The van der Waals surface area contributed by atoms with Crippen LogP contribution in [0.25, 0.3) is 28.1 Å². The van der Waals surface area contributed by atoms with Crippen molar-refractivity contribution in [3.05, 3.63) is 59.0 Å². The highest BCUT2D eigenvalue weighted by molar-refractivity contribution is 7.85.